The molecule has 4 nitrogen and oxygen atoms in total. The van der Waals surface area contributed by atoms with Crippen LogP contribution >= 0.6 is 0 Å². The molecule has 16 heavy (non-hydrogen) atoms. The fraction of sp³-hybridized carbons (Fsp3) is 0.417. The number of fused-ring (bicyclic) bond motifs is 1. The maximum absolute atomic E-state index is 11.5. The summed E-state index contributed by atoms with van der Waals surface area (Å²) in [4.78, 5) is 14.9. The second kappa shape index (κ2) is 3.88. The van der Waals surface area contributed by atoms with Crippen LogP contribution in [0.4, 0.5) is 5.69 Å². The van der Waals surface area contributed by atoms with Gasteiger partial charge in [-0.2, -0.15) is 0 Å². The molecule has 1 amide bonds. The number of benzene rings is 1. The first-order valence-electron chi connectivity index (χ1n) is 5.24. The van der Waals surface area contributed by atoms with E-state index in [1.54, 1.807) is 16.8 Å². The van der Waals surface area contributed by atoms with Crippen molar-refractivity contribution in [3.05, 3.63) is 29.3 Å². The first-order valence-corrected chi connectivity index (χ1v) is 5.24. The maximum atomic E-state index is 11.5. The van der Waals surface area contributed by atoms with Crippen LogP contribution in [0.1, 0.15) is 17.4 Å². The van der Waals surface area contributed by atoms with E-state index >= 15 is 0 Å². The third-order valence-corrected chi connectivity index (χ3v) is 2.97. The lowest BCUT2D eigenvalue weighted by Crippen LogP contribution is -2.20. The number of amides is 1. The summed E-state index contributed by atoms with van der Waals surface area (Å²) in [5.41, 5.74) is 2.76. The van der Waals surface area contributed by atoms with Gasteiger partial charge in [0.2, 0.25) is 5.91 Å². The van der Waals surface area contributed by atoms with E-state index in [4.69, 9.17) is 0 Å². The van der Waals surface area contributed by atoms with Crippen LogP contribution in [0.25, 0.3) is 0 Å². The van der Waals surface area contributed by atoms with E-state index in [1.165, 1.54) is 0 Å². The Morgan fingerprint density at radius 3 is 2.75 bits per heavy atom. The van der Waals surface area contributed by atoms with Gasteiger partial charge in [0.05, 0.1) is 6.42 Å². The van der Waals surface area contributed by atoms with Crippen LogP contribution in [-0.4, -0.2) is 37.1 Å². The molecule has 0 saturated carbocycles. The highest BCUT2D eigenvalue weighted by atomic mass is 16.3. The van der Waals surface area contributed by atoms with Crippen LogP contribution in [0.2, 0.25) is 0 Å². The molecule has 0 aromatic heterocycles. The molecule has 1 aliphatic rings. The minimum absolute atomic E-state index is 0.103. The van der Waals surface area contributed by atoms with E-state index in [1.807, 2.05) is 32.3 Å². The standard InChI is InChI=1S/C12H16N2O2/c1-13(2)12(16)8-4-5-10-9(6-8)7-11(15)14(10)3/h4-6,12,16H,7H2,1-3H3. The summed E-state index contributed by atoms with van der Waals surface area (Å²) in [6, 6.07) is 5.66. The predicted octanol–water partition coefficient (Wildman–Crippen LogP) is 0.758. The van der Waals surface area contributed by atoms with Crippen LogP contribution in [0, 0.1) is 0 Å². The highest BCUT2D eigenvalue weighted by molar-refractivity contribution is 6.00. The number of hydrogen-bond donors (Lipinski definition) is 1. The van der Waals surface area contributed by atoms with Crippen molar-refractivity contribution in [2.45, 2.75) is 12.6 Å². The molecule has 2 rings (SSSR count). The molecule has 0 saturated heterocycles. The molecule has 0 aliphatic carbocycles. The largest absolute Gasteiger partial charge is 0.374 e. The van der Waals surface area contributed by atoms with Crippen LogP contribution in [0.5, 0.6) is 0 Å². The SMILES string of the molecule is CN1C(=O)Cc2cc(C(O)N(C)C)ccc21. The number of hydrogen-bond acceptors (Lipinski definition) is 3. The van der Waals surface area contributed by atoms with Crippen molar-refractivity contribution in [2.75, 3.05) is 26.0 Å². The molecule has 0 fully saturated rings. The molecule has 1 aromatic carbocycles. The zero-order chi connectivity index (χ0) is 11.9. The van der Waals surface area contributed by atoms with Gasteiger partial charge in [-0.15, -0.1) is 0 Å². The minimum atomic E-state index is -0.619. The summed E-state index contributed by atoms with van der Waals surface area (Å²) in [7, 11) is 5.40. The van der Waals surface area contributed by atoms with Crippen molar-refractivity contribution < 1.29 is 9.90 Å². The van der Waals surface area contributed by atoms with E-state index in [2.05, 4.69) is 0 Å². The van der Waals surface area contributed by atoms with Crippen LogP contribution in [0.3, 0.4) is 0 Å². The number of carbonyl (C=O) groups is 1. The van der Waals surface area contributed by atoms with Crippen LogP contribution in [-0.2, 0) is 11.2 Å². The molecule has 86 valence electrons. The predicted molar refractivity (Wildman–Crippen MR) is 62.2 cm³/mol. The number of anilines is 1. The monoisotopic (exact) mass is 220 g/mol. The van der Waals surface area contributed by atoms with Gasteiger partial charge >= 0.3 is 0 Å². The Balaban J connectivity index is 2.35. The molecule has 0 radical (unpaired) electrons. The molecule has 1 heterocycles. The zero-order valence-electron chi connectivity index (χ0n) is 9.77. The van der Waals surface area contributed by atoms with Gasteiger partial charge in [-0.3, -0.25) is 9.69 Å². The van der Waals surface area contributed by atoms with Crippen molar-refractivity contribution in [2.24, 2.45) is 0 Å². The van der Waals surface area contributed by atoms with E-state index in [0.29, 0.717) is 6.42 Å². The summed E-state index contributed by atoms with van der Waals surface area (Å²) in [6.07, 6.45) is -0.189. The van der Waals surface area contributed by atoms with Gasteiger partial charge in [0.25, 0.3) is 0 Å². The Kier molecular flexibility index (Phi) is 2.69. The van der Waals surface area contributed by atoms with Gasteiger partial charge < -0.3 is 10.0 Å². The minimum Gasteiger partial charge on any atom is -0.374 e. The highest BCUT2D eigenvalue weighted by Crippen LogP contribution is 2.30. The van der Waals surface area contributed by atoms with Crippen molar-refractivity contribution >= 4 is 11.6 Å². The molecule has 1 aromatic rings. The molecule has 0 spiro atoms. The van der Waals surface area contributed by atoms with Gasteiger partial charge in [-0.25, -0.2) is 0 Å². The van der Waals surface area contributed by atoms with Gasteiger partial charge in [-0.1, -0.05) is 6.07 Å². The summed E-state index contributed by atoms with van der Waals surface area (Å²) in [5.74, 6) is 0.103. The summed E-state index contributed by atoms with van der Waals surface area (Å²) in [5, 5.41) is 9.89. The summed E-state index contributed by atoms with van der Waals surface area (Å²) < 4.78 is 0. The summed E-state index contributed by atoms with van der Waals surface area (Å²) in [6.45, 7) is 0. The van der Waals surface area contributed by atoms with Gasteiger partial charge in [0.1, 0.15) is 6.23 Å². The third kappa shape index (κ3) is 1.70. The first kappa shape index (κ1) is 11.1. The lowest BCUT2D eigenvalue weighted by atomic mass is 10.1. The zero-order valence-corrected chi connectivity index (χ0v) is 9.77. The second-order valence-electron chi connectivity index (χ2n) is 4.35. The summed E-state index contributed by atoms with van der Waals surface area (Å²) >= 11 is 0. The van der Waals surface area contributed by atoms with Crippen molar-refractivity contribution in [1.29, 1.82) is 0 Å². The number of rotatable bonds is 2. The van der Waals surface area contributed by atoms with Crippen molar-refractivity contribution in [1.82, 2.24) is 4.90 Å². The molecule has 0 bridgehead atoms. The average molecular weight is 220 g/mol. The van der Waals surface area contributed by atoms with E-state index in [-0.39, 0.29) is 5.91 Å². The number of aliphatic hydroxyl groups is 1. The molecular weight excluding hydrogens is 204 g/mol. The Morgan fingerprint density at radius 2 is 2.12 bits per heavy atom. The lowest BCUT2D eigenvalue weighted by Gasteiger charge is -2.19. The molecule has 1 atom stereocenters. The fourth-order valence-corrected chi connectivity index (χ4v) is 1.95. The molecule has 4 heteroatoms. The topological polar surface area (TPSA) is 43.8 Å². The van der Waals surface area contributed by atoms with Crippen molar-refractivity contribution in [3.8, 4) is 0 Å². The molecule has 1 N–H and O–H groups in total. The Morgan fingerprint density at radius 1 is 1.44 bits per heavy atom. The Bertz CT molecular complexity index is 429. The normalized spacial score (nSPS) is 16.8. The number of likely N-dealkylation sites (N-methyl/N-ethyl adjacent to an activating group) is 1. The van der Waals surface area contributed by atoms with Crippen LogP contribution in [0.15, 0.2) is 18.2 Å². The van der Waals surface area contributed by atoms with Crippen LogP contribution < -0.4 is 4.90 Å². The second-order valence-corrected chi connectivity index (χ2v) is 4.35. The maximum Gasteiger partial charge on any atom is 0.231 e. The molecule has 1 aliphatic heterocycles. The van der Waals surface area contributed by atoms with E-state index in [0.717, 1.165) is 16.8 Å². The Hall–Kier alpha value is -1.39. The highest BCUT2D eigenvalue weighted by Gasteiger charge is 2.24. The quantitative estimate of drug-likeness (QED) is 0.748. The van der Waals surface area contributed by atoms with Gasteiger partial charge in [-0.05, 0) is 37.4 Å². The van der Waals surface area contributed by atoms with E-state index in [9.17, 15) is 9.90 Å². The average Bonchev–Trinajstić information content (AvgIpc) is 2.53. The number of nitrogens with zero attached hydrogens (tertiary/aromatic N) is 2. The van der Waals surface area contributed by atoms with Gasteiger partial charge in [0, 0.05) is 12.7 Å². The van der Waals surface area contributed by atoms with Crippen molar-refractivity contribution in [3.63, 3.8) is 0 Å². The van der Waals surface area contributed by atoms with E-state index < -0.39 is 6.23 Å². The smallest absolute Gasteiger partial charge is 0.231 e. The lowest BCUT2D eigenvalue weighted by molar-refractivity contribution is -0.117. The number of aliphatic hydroxyl groups excluding tert-OH is 1. The van der Waals surface area contributed by atoms with Gasteiger partial charge in [0.15, 0.2) is 0 Å². The first-order chi connectivity index (χ1) is 7.50. The molecular formula is C12H16N2O2. The number of carbonyl (C=O) groups excluding carboxylic acids is 1. The Labute approximate surface area is 95.1 Å². The third-order valence-electron chi connectivity index (χ3n) is 2.97. The molecule has 1 unspecified atom stereocenters. The fourth-order valence-electron chi connectivity index (χ4n) is 1.95.